The molecule has 0 aliphatic rings. The Labute approximate surface area is 116 Å². The van der Waals surface area contributed by atoms with Crippen molar-refractivity contribution in [2.75, 3.05) is 18.2 Å². The number of esters is 1. The molecule has 0 saturated carbocycles. The van der Waals surface area contributed by atoms with Crippen LogP contribution in [0.2, 0.25) is 0 Å². The van der Waals surface area contributed by atoms with Crippen LogP contribution >= 0.6 is 27.3 Å². The first-order chi connectivity index (χ1) is 8.60. The van der Waals surface area contributed by atoms with Crippen molar-refractivity contribution in [3.63, 3.8) is 0 Å². The van der Waals surface area contributed by atoms with E-state index in [1.54, 1.807) is 0 Å². The summed E-state index contributed by atoms with van der Waals surface area (Å²) >= 11 is 4.53. The quantitative estimate of drug-likeness (QED) is 0.847. The summed E-state index contributed by atoms with van der Waals surface area (Å²) in [6, 6.07) is 7.60. The topological polar surface area (TPSA) is 77.2 Å². The molecule has 0 radical (unpaired) electrons. The number of thiazole rings is 1. The molecule has 0 bridgehead atoms. The van der Waals surface area contributed by atoms with Crippen LogP contribution in [0, 0.1) is 0 Å². The van der Waals surface area contributed by atoms with Crippen LogP contribution in [-0.4, -0.2) is 18.1 Å². The number of anilines is 3. The highest BCUT2D eigenvalue weighted by Gasteiger charge is 2.16. The van der Waals surface area contributed by atoms with Gasteiger partial charge in [-0.1, -0.05) is 33.3 Å². The van der Waals surface area contributed by atoms with E-state index in [0.717, 1.165) is 21.5 Å². The summed E-state index contributed by atoms with van der Waals surface area (Å²) in [6.07, 6.45) is 0. The lowest BCUT2D eigenvalue weighted by Crippen LogP contribution is -2.01. The van der Waals surface area contributed by atoms with Gasteiger partial charge in [0.25, 0.3) is 0 Å². The third-order valence-electron chi connectivity index (χ3n) is 2.10. The predicted octanol–water partition coefficient (Wildman–Crippen LogP) is 3.02. The van der Waals surface area contributed by atoms with Gasteiger partial charge in [-0.2, -0.15) is 0 Å². The molecule has 0 aliphatic heterocycles. The zero-order valence-electron chi connectivity index (χ0n) is 9.44. The second-order valence-electron chi connectivity index (χ2n) is 3.36. The van der Waals surface area contributed by atoms with Gasteiger partial charge in [-0.15, -0.1) is 0 Å². The number of benzene rings is 1. The Kier molecular flexibility index (Phi) is 3.83. The molecule has 0 spiro atoms. The standard InChI is InChI=1S/C11H10BrN3O2S/c1-17-10(16)8-9(13)15-11(18-8)14-7-4-2-3-6(12)5-7/h2-5H,13H2,1H3,(H,14,15). The lowest BCUT2D eigenvalue weighted by molar-refractivity contribution is 0.0607. The maximum atomic E-state index is 11.4. The fourth-order valence-electron chi connectivity index (χ4n) is 1.31. The number of nitrogen functional groups attached to an aromatic ring is 1. The summed E-state index contributed by atoms with van der Waals surface area (Å²) in [5, 5.41) is 3.62. The van der Waals surface area contributed by atoms with E-state index in [4.69, 9.17) is 5.73 Å². The van der Waals surface area contributed by atoms with Gasteiger partial charge in [-0.3, -0.25) is 0 Å². The predicted molar refractivity (Wildman–Crippen MR) is 75.3 cm³/mol. The van der Waals surface area contributed by atoms with Crippen LogP contribution in [-0.2, 0) is 4.74 Å². The monoisotopic (exact) mass is 327 g/mol. The SMILES string of the molecule is COC(=O)c1sc(Nc2cccc(Br)c2)nc1N. The van der Waals surface area contributed by atoms with Crippen LogP contribution in [0.1, 0.15) is 9.67 Å². The molecular weight excluding hydrogens is 318 g/mol. The van der Waals surface area contributed by atoms with Gasteiger partial charge in [-0.05, 0) is 18.2 Å². The molecule has 0 fully saturated rings. The maximum Gasteiger partial charge on any atom is 0.351 e. The van der Waals surface area contributed by atoms with Crippen LogP contribution in [0.4, 0.5) is 16.6 Å². The molecule has 0 amide bonds. The van der Waals surface area contributed by atoms with Gasteiger partial charge in [0.1, 0.15) is 0 Å². The molecule has 0 aliphatic carbocycles. The number of methoxy groups -OCH3 is 1. The van der Waals surface area contributed by atoms with E-state index < -0.39 is 5.97 Å². The van der Waals surface area contributed by atoms with Crippen LogP contribution in [0.25, 0.3) is 0 Å². The van der Waals surface area contributed by atoms with Crippen molar-refractivity contribution in [3.8, 4) is 0 Å². The fourth-order valence-corrected chi connectivity index (χ4v) is 2.54. The molecule has 1 aromatic carbocycles. The lowest BCUT2D eigenvalue weighted by atomic mass is 10.3. The summed E-state index contributed by atoms with van der Waals surface area (Å²) in [6.45, 7) is 0. The number of rotatable bonds is 3. The molecule has 94 valence electrons. The minimum atomic E-state index is -0.479. The molecule has 0 atom stereocenters. The Balaban J connectivity index is 2.23. The van der Waals surface area contributed by atoms with Crippen molar-refractivity contribution in [2.45, 2.75) is 0 Å². The number of hydrogen-bond donors (Lipinski definition) is 2. The first-order valence-electron chi connectivity index (χ1n) is 4.97. The van der Waals surface area contributed by atoms with E-state index in [0.29, 0.717) is 10.0 Å². The Morgan fingerprint density at radius 2 is 2.33 bits per heavy atom. The van der Waals surface area contributed by atoms with Crippen molar-refractivity contribution >= 4 is 49.9 Å². The van der Waals surface area contributed by atoms with Crippen molar-refractivity contribution in [1.29, 1.82) is 0 Å². The number of hydrogen-bond acceptors (Lipinski definition) is 6. The Morgan fingerprint density at radius 3 is 3.00 bits per heavy atom. The molecule has 0 unspecified atom stereocenters. The van der Waals surface area contributed by atoms with Gasteiger partial charge >= 0.3 is 5.97 Å². The van der Waals surface area contributed by atoms with Crippen molar-refractivity contribution in [3.05, 3.63) is 33.6 Å². The average Bonchev–Trinajstić information content (AvgIpc) is 2.69. The first-order valence-corrected chi connectivity index (χ1v) is 6.58. The summed E-state index contributed by atoms with van der Waals surface area (Å²) in [5.74, 6) is -0.309. The van der Waals surface area contributed by atoms with E-state index >= 15 is 0 Å². The van der Waals surface area contributed by atoms with Crippen LogP contribution in [0.3, 0.4) is 0 Å². The number of nitrogens with two attached hydrogens (primary N) is 1. The second-order valence-corrected chi connectivity index (χ2v) is 5.28. The summed E-state index contributed by atoms with van der Waals surface area (Å²) in [4.78, 5) is 15.8. The van der Waals surface area contributed by atoms with E-state index in [2.05, 4.69) is 31.0 Å². The number of nitrogens with zero attached hydrogens (tertiary/aromatic N) is 1. The number of carbonyl (C=O) groups excluding carboxylic acids is 1. The lowest BCUT2D eigenvalue weighted by Gasteiger charge is -2.01. The summed E-state index contributed by atoms with van der Waals surface area (Å²) in [7, 11) is 1.31. The minimum absolute atomic E-state index is 0.171. The van der Waals surface area contributed by atoms with E-state index in [1.807, 2.05) is 24.3 Å². The van der Waals surface area contributed by atoms with Gasteiger partial charge in [0.15, 0.2) is 15.8 Å². The van der Waals surface area contributed by atoms with Crippen molar-refractivity contribution in [2.24, 2.45) is 0 Å². The van der Waals surface area contributed by atoms with Crippen molar-refractivity contribution < 1.29 is 9.53 Å². The molecule has 2 aromatic rings. The maximum absolute atomic E-state index is 11.4. The zero-order valence-corrected chi connectivity index (χ0v) is 11.8. The highest BCUT2D eigenvalue weighted by Crippen LogP contribution is 2.28. The summed E-state index contributed by atoms with van der Waals surface area (Å²) in [5.41, 5.74) is 6.51. The Hall–Kier alpha value is -1.60. The Morgan fingerprint density at radius 1 is 1.56 bits per heavy atom. The highest BCUT2D eigenvalue weighted by molar-refractivity contribution is 9.10. The molecule has 0 saturated heterocycles. The number of aromatic nitrogens is 1. The molecule has 2 rings (SSSR count). The smallest absolute Gasteiger partial charge is 0.351 e. The van der Waals surface area contributed by atoms with Gasteiger partial charge < -0.3 is 15.8 Å². The van der Waals surface area contributed by atoms with Crippen LogP contribution < -0.4 is 11.1 Å². The third kappa shape index (κ3) is 2.80. The number of halogens is 1. The minimum Gasteiger partial charge on any atom is -0.465 e. The first kappa shape index (κ1) is 12.8. The zero-order chi connectivity index (χ0) is 13.1. The molecule has 1 heterocycles. The van der Waals surface area contributed by atoms with Crippen LogP contribution in [0.5, 0.6) is 0 Å². The second kappa shape index (κ2) is 5.36. The largest absolute Gasteiger partial charge is 0.465 e. The normalized spacial score (nSPS) is 10.1. The van der Waals surface area contributed by atoms with Gasteiger partial charge in [0.2, 0.25) is 0 Å². The molecule has 1 aromatic heterocycles. The fraction of sp³-hybridized carbons (Fsp3) is 0.0909. The molecule has 3 N–H and O–H groups in total. The number of ether oxygens (including phenoxy) is 1. The van der Waals surface area contributed by atoms with E-state index in [9.17, 15) is 4.79 Å². The van der Waals surface area contributed by atoms with Crippen molar-refractivity contribution in [1.82, 2.24) is 4.98 Å². The van der Waals surface area contributed by atoms with Gasteiger partial charge in [-0.25, -0.2) is 9.78 Å². The molecule has 7 heteroatoms. The summed E-state index contributed by atoms with van der Waals surface area (Å²) < 4.78 is 5.57. The average molecular weight is 328 g/mol. The molecule has 5 nitrogen and oxygen atoms in total. The third-order valence-corrected chi connectivity index (χ3v) is 3.56. The van der Waals surface area contributed by atoms with Crippen LogP contribution in [0.15, 0.2) is 28.7 Å². The Bertz CT molecular complexity index is 585. The van der Waals surface area contributed by atoms with E-state index in [1.165, 1.54) is 7.11 Å². The molecular formula is C11H10BrN3O2S. The molecule has 18 heavy (non-hydrogen) atoms. The van der Waals surface area contributed by atoms with Gasteiger partial charge in [0, 0.05) is 10.2 Å². The van der Waals surface area contributed by atoms with Gasteiger partial charge in [0.05, 0.1) is 7.11 Å². The highest BCUT2D eigenvalue weighted by atomic mass is 79.9. The number of nitrogens with one attached hydrogen (secondary N) is 1. The van der Waals surface area contributed by atoms with E-state index in [-0.39, 0.29) is 5.82 Å². The number of carbonyl (C=O) groups is 1.